The van der Waals surface area contributed by atoms with E-state index in [1.54, 1.807) is 40.3 Å². The molecule has 1 aliphatic heterocycles. The lowest BCUT2D eigenvalue weighted by Crippen LogP contribution is -2.37. The van der Waals surface area contributed by atoms with Crippen molar-refractivity contribution >= 4 is 40.6 Å². The first kappa shape index (κ1) is 36.1. The van der Waals surface area contributed by atoms with Gasteiger partial charge in [-0.15, -0.1) is 0 Å². The van der Waals surface area contributed by atoms with Gasteiger partial charge in [0.1, 0.15) is 11.3 Å². The molecule has 1 saturated heterocycles. The van der Waals surface area contributed by atoms with Crippen molar-refractivity contribution in [1.29, 1.82) is 0 Å². The highest BCUT2D eigenvalue weighted by atomic mass is 35.5. The first-order chi connectivity index (χ1) is 24.4. The summed E-state index contributed by atoms with van der Waals surface area (Å²) in [6, 6.07) is 17.1. The van der Waals surface area contributed by atoms with Crippen molar-refractivity contribution < 1.29 is 19.4 Å². The number of aliphatic carboxylic acids is 1. The predicted octanol–water partition coefficient (Wildman–Crippen LogP) is 5.31. The molecule has 14 heteroatoms. The van der Waals surface area contributed by atoms with E-state index in [-0.39, 0.29) is 30.6 Å². The van der Waals surface area contributed by atoms with Gasteiger partial charge in [-0.1, -0.05) is 65.7 Å². The van der Waals surface area contributed by atoms with Crippen molar-refractivity contribution in [1.82, 2.24) is 35.1 Å². The summed E-state index contributed by atoms with van der Waals surface area (Å²) in [4.78, 5) is 41.1. The minimum absolute atomic E-state index is 0.0839. The molecular weight excluding hydrogens is 693 g/mol. The van der Waals surface area contributed by atoms with Gasteiger partial charge in [0, 0.05) is 78.7 Å². The molecule has 1 aliphatic rings. The number of rotatable bonds is 13. The van der Waals surface area contributed by atoms with E-state index in [0.717, 1.165) is 12.0 Å². The van der Waals surface area contributed by atoms with Crippen LogP contribution in [0.3, 0.4) is 0 Å². The maximum absolute atomic E-state index is 13.3. The minimum Gasteiger partial charge on any atom is -0.481 e. The zero-order valence-corrected chi connectivity index (χ0v) is 30.2. The second-order valence-electron chi connectivity index (χ2n) is 13.3. The molecule has 4 N–H and O–H groups in total. The quantitative estimate of drug-likeness (QED) is 0.126. The van der Waals surface area contributed by atoms with Gasteiger partial charge in [-0.3, -0.25) is 19.0 Å². The van der Waals surface area contributed by atoms with Gasteiger partial charge in [-0.05, 0) is 32.4 Å². The van der Waals surface area contributed by atoms with Crippen molar-refractivity contribution in [2.24, 2.45) is 12.5 Å². The van der Waals surface area contributed by atoms with Gasteiger partial charge in [-0.2, -0.15) is 5.10 Å². The predicted molar refractivity (Wildman–Crippen MR) is 197 cm³/mol. The Morgan fingerprint density at radius 1 is 1.02 bits per heavy atom. The van der Waals surface area contributed by atoms with Crippen LogP contribution < -0.4 is 26.2 Å². The summed E-state index contributed by atoms with van der Waals surface area (Å²) < 4.78 is 8.61. The number of hydrogen-bond donors (Lipinski definition) is 4. The Hall–Kier alpha value is -4.75. The Labute approximate surface area is 304 Å². The van der Waals surface area contributed by atoms with Gasteiger partial charge >= 0.3 is 5.97 Å². The number of benzene rings is 2. The highest BCUT2D eigenvalue weighted by Gasteiger charge is 2.27. The number of nitrogens with zero attached hydrogens (tertiary/aromatic N) is 4. The number of carboxylic acid groups (broad SMARTS) is 1. The number of pyridine rings is 1. The maximum Gasteiger partial charge on any atom is 0.310 e. The molecule has 51 heavy (non-hydrogen) atoms. The Morgan fingerprint density at radius 2 is 1.71 bits per heavy atom. The van der Waals surface area contributed by atoms with Crippen molar-refractivity contribution in [3.63, 3.8) is 0 Å². The number of aromatic nitrogens is 4. The molecule has 3 aromatic heterocycles. The van der Waals surface area contributed by atoms with Crippen molar-refractivity contribution in [3.8, 4) is 39.4 Å². The fourth-order valence-electron chi connectivity index (χ4n) is 6.08. The standard InChI is InChI=1S/C37H39Cl2N7O5/c1-37(2,36(49)50)20-41-18-30-44-46-19-22(15-29(46)35(48)45(30)3)24-7-5-8-25(32(24)38)26-9-6-10-27(33(26)39)28-13-11-21(34(43-28)51-4)16-40-17-23-12-14-31(47)42-23/h5-11,13,15,19,23,40-41H,12,14,16-18,20H2,1-4H3,(H,42,47)(H,49,50). The van der Waals surface area contributed by atoms with E-state index in [4.69, 9.17) is 32.9 Å². The van der Waals surface area contributed by atoms with E-state index in [1.165, 1.54) is 9.08 Å². The molecule has 4 heterocycles. The zero-order chi connectivity index (χ0) is 36.4. The second-order valence-corrected chi connectivity index (χ2v) is 14.0. The third kappa shape index (κ3) is 7.50. The van der Waals surface area contributed by atoms with E-state index in [2.05, 4.69) is 21.0 Å². The highest BCUT2D eigenvalue weighted by Crippen LogP contribution is 2.42. The average molecular weight is 733 g/mol. The first-order valence-electron chi connectivity index (χ1n) is 16.5. The van der Waals surface area contributed by atoms with Crippen LogP contribution in [0, 0.1) is 5.41 Å². The number of fused-ring (bicyclic) bond motifs is 1. The Bertz CT molecular complexity index is 2200. The number of halogens is 2. The summed E-state index contributed by atoms with van der Waals surface area (Å²) in [6.07, 6.45) is 3.13. The molecule has 1 fully saturated rings. The molecule has 12 nitrogen and oxygen atoms in total. The summed E-state index contributed by atoms with van der Waals surface area (Å²) >= 11 is 14.2. The van der Waals surface area contributed by atoms with Gasteiger partial charge in [0.25, 0.3) is 5.56 Å². The molecular formula is C37H39Cl2N7O5. The lowest BCUT2D eigenvalue weighted by atomic mass is 9.94. The van der Waals surface area contributed by atoms with Gasteiger partial charge in [0.15, 0.2) is 0 Å². The van der Waals surface area contributed by atoms with E-state index in [1.807, 2.05) is 48.5 Å². The SMILES string of the molecule is COc1nc(-c2cccc(-c3cccc(-c4cc5c(=O)n(C)c(CNCC(C)(C)C(=O)O)nn5c4)c3Cl)c2Cl)ccc1CNCC1CCC(=O)N1. The minimum atomic E-state index is -0.975. The topological polar surface area (TPSA) is 152 Å². The van der Waals surface area contributed by atoms with Crippen molar-refractivity contribution in [3.05, 3.63) is 92.6 Å². The van der Waals surface area contributed by atoms with Gasteiger partial charge in [0.2, 0.25) is 11.8 Å². The average Bonchev–Trinajstić information content (AvgIpc) is 3.73. The fraction of sp³-hybridized carbons (Fsp3) is 0.324. The van der Waals surface area contributed by atoms with Crippen LogP contribution in [0.1, 0.15) is 38.1 Å². The van der Waals surface area contributed by atoms with Crippen LogP contribution in [0.2, 0.25) is 10.0 Å². The molecule has 1 unspecified atom stereocenters. The summed E-state index contributed by atoms with van der Waals surface area (Å²) in [7, 11) is 3.21. The number of carbonyl (C=O) groups is 2. The van der Waals surface area contributed by atoms with Gasteiger partial charge < -0.3 is 25.8 Å². The number of nitrogens with one attached hydrogen (secondary N) is 3. The molecule has 0 aliphatic carbocycles. The number of ether oxygens (including phenoxy) is 1. The van der Waals surface area contributed by atoms with Crippen LogP contribution in [0.25, 0.3) is 39.0 Å². The third-order valence-corrected chi connectivity index (χ3v) is 9.98. The van der Waals surface area contributed by atoms with Gasteiger partial charge in [-0.25, -0.2) is 9.50 Å². The molecule has 266 valence electrons. The van der Waals surface area contributed by atoms with Crippen LogP contribution in [0.5, 0.6) is 5.88 Å². The third-order valence-electron chi connectivity index (χ3n) is 9.16. The van der Waals surface area contributed by atoms with Crippen LogP contribution in [0.15, 0.2) is 65.6 Å². The highest BCUT2D eigenvalue weighted by molar-refractivity contribution is 6.39. The molecule has 2 aromatic carbocycles. The van der Waals surface area contributed by atoms with Crippen LogP contribution >= 0.6 is 23.2 Å². The molecule has 1 atom stereocenters. The Balaban J connectivity index is 1.26. The Kier molecular flexibility index (Phi) is 10.5. The number of carboxylic acids is 1. The molecule has 1 amide bonds. The van der Waals surface area contributed by atoms with Crippen LogP contribution in [-0.4, -0.2) is 62.4 Å². The second kappa shape index (κ2) is 14.8. The summed E-state index contributed by atoms with van der Waals surface area (Å²) in [5, 5.41) is 24.4. The van der Waals surface area contributed by atoms with Gasteiger partial charge in [0.05, 0.1) is 34.8 Å². The number of methoxy groups -OCH3 is 1. The number of amides is 1. The number of carbonyl (C=O) groups excluding carboxylic acids is 1. The van der Waals surface area contributed by atoms with Crippen molar-refractivity contribution in [2.45, 2.75) is 45.8 Å². The molecule has 0 saturated carbocycles. The summed E-state index contributed by atoms with van der Waals surface area (Å²) in [6.45, 7) is 4.85. The van der Waals surface area contributed by atoms with E-state index in [9.17, 15) is 19.5 Å². The molecule has 5 aromatic rings. The summed E-state index contributed by atoms with van der Waals surface area (Å²) in [5.41, 5.74) is 4.17. The number of hydrogen-bond acceptors (Lipinski definition) is 8. The molecule has 0 spiro atoms. The lowest BCUT2D eigenvalue weighted by molar-refractivity contribution is -0.146. The van der Waals surface area contributed by atoms with Crippen LogP contribution in [0.4, 0.5) is 0 Å². The molecule has 6 rings (SSSR count). The van der Waals surface area contributed by atoms with Crippen LogP contribution in [-0.2, 0) is 29.7 Å². The lowest BCUT2D eigenvalue weighted by Gasteiger charge is -2.19. The Morgan fingerprint density at radius 3 is 2.37 bits per heavy atom. The first-order valence-corrected chi connectivity index (χ1v) is 17.3. The molecule has 0 bridgehead atoms. The smallest absolute Gasteiger partial charge is 0.310 e. The largest absolute Gasteiger partial charge is 0.481 e. The normalized spacial score (nSPS) is 14.6. The van der Waals surface area contributed by atoms with E-state index in [0.29, 0.717) is 80.3 Å². The van der Waals surface area contributed by atoms with E-state index < -0.39 is 11.4 Å². The van der Waals surface area contributed by atoms with E-state index >= 15 is 0 Å². The molecule has 0 radical (unpaired) electrons. The summed E-state index contributed by atoms with van der Waals surface area (Å²) in [5.74, 6) is 0.0899. The zero-order valence-electron chi connectivity index (χ0n) is 28.7. The fourth-order valence-corrected chi connectivity index (χ4v) is 6.74. The van der Waals surface area contributed by atoms with Crippen molar-refractivity contribution in [2.75, 3.05) is 20.2 Å². The maximum atomic E-state index is 13.3. The monoisotopic (exact) mass is 731 g/mol.